The van der Waals surface area contributed by atoms with Crippen LogP contribution in [0.3, 0.4) is 0 Å². The molecule has 0 aliphatic carbocycles. The van der Waals surface area contributed by atoms with Gasteiger partial charge in [-0.3, -0.25) is 0 Å². The van der Waals surface area contributed by atoms with Crippen molar-refractivity contribution >= 4 is 10.0 Å². The first-order valence-electron chi connectivity index (χ1n) is 5.67. The highest BCUT2D eigenvalue weighted by atomic mass is 32.2. The molecule has 1 unspecified atom stereocenters. The minimum Gasteiger partial charge on any atom is -0.316 e. The summed E-state index contributed by atoms with van der Waals surface area (Å²) in [5.41, 5.74) is 0. The largest absolute Gasteiger partial charge is 0.316 e. The van der Waals surface area contributed by atoms with Gasteiger partial charge in [-0.1, -0.05) is 13.8 Å². The monoisotopic (exact) mass is 234 g/mol. The van der Waals surface area contributed by atoms with Crippen LogP contribution in [0, 0.1) is 11.8 Å². The van der Waals surface area contributed by atoms with Gasteiger partial charge in [0.1, 0.15) is 0 Å². The van der Waals surface area contributed by atoms with Crippen molar-refractivity contribution in [1.29, 1.82) is 0 Å². The Morgan fingerprint density at radius 2 is 2.20 bits per heavy atom. The molecule has 2 N–H and O–H groups in total. The number of sulfonamides is 1. The van der Waals surface area contributed by atoms with Crippen molar-refractivity contribution in [3.8, 4) is 0 Å². The van der Waals surface area contributed by atoms with Crippen molar-refractivity contribution in [2.75, 3.05) is 25.4 Å². The summed E-state index contributed by atoms with van der Waals surface area (Å²) in [6, 6.07) is 0. The maximum Gasteiger partial charge on any atom is 0.211 e. The van der Waals surface area contributed by atoms with Crippen LogP contribution in [0.25, 0.3) is 0 Å². The van der Waals surface area contributed by atoms with Gasteiger partial charge in [-0.15, -0.1) is 0 Å². The lowest BCUT2D eigenvalue weighted by molar-refractivity contribution is 0.530. The molecule has 0 aromatic rings. The minimum atomic E-state index is -3.04. The molecular formula is C10H22N2O2S. The summed E-state index contributed by atoms with van der Waals surface area (Å²) >= 11 is 0. The number of hydrogen-bond donors (Lipinski definition) is 2. The molecule has 4 nitrogen and oxygen atoms in total. The van der Waals surface area contributed by atoms with Gasteiger partial charge in [-0.2, -0.15) is 0 Å². The third kappa shape index (κ3) is 5.49. The predicted octanol–water partition coefficient (Wildman–Crippen LogP) is 0.561. The average Bonchev–Trinajstić information content (AvgIpc) is 2.65. The van der Waals surface area contributed by atoms with Crippen LogP contribution >= 0.6 is 0 Å². The van der Waals surface area contributed by atoms with Crippen LogP contribution in [0.4, 0.5) is 0 Å². The third-order valence-electron chi connectivity index (χ3n) is 2.72. The molecule has 0 aromatic carbocycles. The van der Waals surface area contributed by atoms with Gasteiger partial charge in [0.05, 0.1) is 5.75 Å². The standard InChI is InChI=1S/C10H22N2O2S/c1-9(2)4-6-15(13,14)12-8-10-3-5-11-7-10/h9-12H,3-8H2,1-2H3. The van der Waals surface area contributed by atoms with Gasteiger partial charge in [0, 0.05) is 6.54 Å². The fourth-order valence-corrected chi connectivity index (χ4v) is 3.01. The van der Waals surface area contributed by atoms with Gasteiger partial charge in [0.25, 0.3) is 0 Å². The second-order valence-corrected chi connectivity index (χ2v) is 6.64. The van der Waals surface area contributed by atoms with E-state index in [1.54, 1.807) is 0 Å². The molecule has 0 amide bonds. The van der Waals surface area contributed by atoms with Crippen molar-refractivity contribution in [2.45, 2.75) is 26.7 Å². The van der Waals surface area contributed by atoms with E-state index in [2.05, 4.69) is 10.0 Å². The first-order valence-corrected chi connectivity index (χ1v) is 7.33. The zero-order valence-electron chi connectivity index (χ0n) is 9.62. The number of hydrogen-bond acceptors (Lipinski definition) is 3. The van der Waals surface area contributed by atoms with Gasteiger partial charge >= 0.3 is 0 Å². The Kier molecular flexibility index (Phi) is 5.02. The zero-order valence-corrected chi connectivity index (χ0v) is 10.4. The topological polar surface area (TPSA) is 58.2 Å². The predicted molar refractivity (Wildman–Crippen MR) is 62.2 cm³/mol. The molecule has 1 aliphatic heterocycles. The van der Waals surface area contributed by atoms with Crippen molar-refractivity contribution in [3.05, 3.63) is 0 Å². The molecule has 15 heavy (non-hydrogen) atoms. The summed E-state index contributed by atoms with van der Waals surface area (Å²) in [4.78, 5) is 0. The summed E-state index contributed by atoms with van der Waals surface area (Å²) in [6.07, 6.45) is 1.81. The van der Waals surface area contributed by atoms with Gasteiger partial charge in [0.2, 0.25) is 10.0 Å². The smallest absolute Gasteiger partial charge is 0.211 e. The van der Waals surface area contributed by atoms with Crippen LogP contribution in [0.1, 0.15) is 26.7 Å². The van der Waals surface area contributed by atoms with E-state index in [1.807, 2.05) is 13.8 Å². The molecule has 1 fully saturated rings. The summed E-state index contributed by atoms with van der Waals surface area (Å²) in [7, 11) is -3.04. The highest BCUT2D eigenvalue weighted by Crippen LogP contribution is 2.07. The van der Waals surface area contributed by atoms with Crippen molar-refractivity contribution in [1.82, 2.24) is 10.0 Å². The second kappa shape index (κ2) is 5.82. The Hall–Kier alpha value is -0.130. The SMILES string of the molecule is CC(C)CCS(=O)(=O)NCC1CCNC1. The summed E-state index contributed by atoms with van der Waals surface area (Å²) in [5.74, 6) is 1.17. The normalized spacial score (nSPS) is 22.5. The Labute approximate surface area is 92.9 Å². The molecule has 1 saturated heterocycles. The molecule has 0 radical (unpaired) electrons. The lowest BCUT2D eigenvalue weighted by Gasteiger charge is -2.11. The summed E-state index contributed by atoms with van der Waals surface area (Å²) in [6.45, 7) is 6.62. The van der Waals surface area contributed by atoms with Gasteiger partial charge in [-0.05, 0) is 37.8 Å². The molecule has 1 rings (SSSR count). The highest BCUT2D eigenvalue weighted by Gasteiger charge is 2.17. The minimum absolute atomic E-state index is 0.255. The Morgan fingerprint density at radius 1 is 1.47 bits per heavy atom. The van der Waals surface area contributed by atoms with E-state index in [9.17, 15) is 8.42 Å². The van der Waals surface area contributed by atoms with Crippen molar-refractivity contribution in [3.63, 3.8) is 0 Å². The number of rotatable bonds is 6. The Morgan fingerprint density at radius 3 is 2.73 bits per heavy atom. The van der Waals surface area contributed by atoms with E-state index < -0.39 is 10.0 Å². The quantitative estimate of drug-likeness (QED) is 0.706. The molecule has 0 bridgehead atoms. The molecule has 0 spiro atoms. The van der Waals surface area contributed by atoms with Crippen molar-refractivity contribution in [2.24, 2.45) is 11.8 Å². The van der Waals surface area contributed by atoms with Crippen LogP contribution in [-0.4, -0.2) is 33.8 Å². The molecule has 0 aromatic heterocycles. The molecule has 0 saturated carbocycles. The number of nitrogens with one attached hydrogen (secondary N) is 2. The second-order valence-electron chi connectivity index (χ2n) is 4.71. The van der Waals surface area contributed by atoms with E-state index in [-0.39, 0.29) is 5.75 Å². The Bertz CT molecular complexity index is 269. The van der Waals surface area contributed by atoms with Crippen LogP contribution < -0.4 is 10.0 Å². The third-order valence-corrected chi connectivity index (χ3v) is 4.10. The fourth-order valence-electron chi connectivity index (χ4n) is 1.60. The van der Waals surface area contributed by atoms with E-state index in [1.165, 1.54) is 0 Å². The first-order chi connectivity index (χ1) is 6.99. The van der Waals surface area contributed by atoms with Crippen LogP contribution in [-0.2, 0) is 10.0 Å². The van der Waals surface area contributed by atoms with Gasteiger partial charge in [-0.25, -0.2) is 13.1 Å². The van der Waals surface area contributed by atoms with Gasteiger partial charge in [0.15, 0.2) is 0 Å². The van der Waals surface area contributed by atoms with Crippen LogP contribution in [0.15, 0.2) is 0 Å². The Balaban J connectivity index is 2.23. The first kappa shape index (κ1) is 12.9. The fraction of sp³-hybridized carbons (Fsp3) is 1.00. The molecule has 1 heterocycles. The summed E-state index contributed by atoms with van der Waals surface area (Å²) in [5, 5.41) is 3.22. The summed E-state index contributed by atoms with van der Waals surface area (Å²) < 4.78 is 25.8. The molecule has 1 aliphatic rings. The van der Waals surface area contributed by atoms with E-state index in [4.69, 9.17) is 0 Å². The lowest BCUT2D eigenvalue weighted by Crippen LogP contribution is -2.32. The maximum absolute atomic E-state index is 11.6. The van der Waals surface area contributed by atoms with E-state index in [0.29, 0.717) is 18.4 Å². The van der Waals surface area contributed by atoms with Gasteiger partial charge < -0.3 is 5.32 Å². The molecule has 5 heteroatoms. The zero-order chi connectivity index (χ0) is 11.3. The van der Waals surface area contributed by atoms with E-state index >= 15 is 0 Å². The molecule has 90 valence electrons. The average molecular weight is 234 g/mol. The van der Waals surface area contributed by atoms with Crippen molar-refractivity contribution < 1.29 is 8.42 Å². The maximum atomic E-state index is 11.6. The van der Waals surface area contributed by atoms with Crippen LogP contribution in [0.2, 0.25) is 0 Å². The molecular weight excluding hydrogens is 212 g/mol. The lowest BCUT2D eigenvalue weighted by atomic mass is 10.1. The molecule has 1 atom stereocenters. The highest BCUT2D eigenvalue weighted by molar-refractivity contribution is 7.89. The van der Waals surface area contributed by atoms with Crippen LogP contribution in [0.5, 0.6) is 0 Å². The van der Waals surface area contributed by atoms with E-state index in [0.717, 1.165) is 25.9 Å².